The average Bonchev–Trinajstić information content (AvgIpc) is 2.90. The monoisotopic (exact) mass is 386 g/mol. The molecule has 0 bridgehead atoms. The number of carbonyl (C=O) groups excluding carboxylic acids is 1. The van der Waals surface area contributed by atoms with E-state index < -0.39 is 6.04 Å². The van der Waals surface area contributed by atoms with Gasteiger partial charge in [-0.3, -0.25) is 9.79 Å². The summed E-state index contributed by atoms with van der Waals surface area (Å²) in [6.45, 7) is 0. The molecule has 146 valence electrons. The van der Waals surface area contributed by atoms with Crippen molar-refractivity contribution >= 4 is 17.3 Å². The van der Waals surface area contributed by atoms with Crippen LogP contribution in [0.25, 0.3) is 0 Å². The number of hydrogen-bond acceptors (Lipinski definition) is 4. The number of carbonyl (C=O) groups is 1. The van der Waals surface area contributed by atoms with Gasteiger partial charge in [0.05, 0.1) is 25.6 Å². The van der Waals surface area contributed by atoms with Crippen LogP contribution in [0.15, 0.2) is 77.8 Å². The molecule has 1 heterocycles. The lowest BCUT2D eigenvalue weighted by Gasteiger charge is -2.15. The highest BCUT2D eigenvalue weighted by atomic mass is 16.5. The highest BCUT2D eigenvalue weighted by Crippen LogP contribution is 2.36. The van der Waals surface area contributed by atoms with Crippen LogP contribution in [0.1, 0.15) is 16.7 Å². The van der Waals surface area contributed by atoms with Crippen LogP contribution in [0.4, 0.5) is 5.69 Å². The van der Waals surface area contributed by atoms with Crippen molar-refractivity contribution in [3.8, 4) is 11.5 Å². The molecule has 5 heteroatoms. The summed E-state index contributed by atoms with van der Waals surface area (Å²) in [7, 11) is 3.17. The topological polar surface area (TPSA) is 59.9 Å². The molecule has 0 unspecified atom stereocenters. The molecule has 0 aromatic heterocycles. The zero-order valence-electron chi connectivity index (χ0n) is 16.4. The molecule has 0 spiro atoms. The molecule has 1 N–H and O–H groups in total. The molecule has 3 aromatic carbocycles. The second-order valence-corrected chi connectivity index (χ2v) is 6.79. The van der Waals surface area contributed by atoms with E-state index in [2.05, 4.69) is 5.32 Å². The molecular formula is C24H22N2O3. The Morgan fingerprint density at radius 1 is 0.897 bits per heavy atom. The van der Waals surface area contributed by atoms with Crippen molar-refractivity contribution in [2.75, 3.05) is 19.5 Å². The molecule has 1 atom stereocenters. The average molecular weight is 386 g/mol. The van der Waals surface area contributed by atoms with Crippen molar-refractivity contribution in [2.45, 2.75) is 12.5 Å². The molecule has 0 aliphatic carbocycles. The molecule has 5 nitrogen and oxygen atoms in total. The number of methoxy groups -OCH3 is 2. The standard InChI is InChI=1S/C24H22N2O3/c1-28-21-14-18-19(15-22(21)29-2)26-24(27)20(13-16-9-5-3-6-10-16)25-23(18)17-11-7-4-8-12-17/h3-12,14-15,20H,13H2,1-2H3,(H,26,27)/t20-/m0/s1. The molecule has 1 amide bonds. The summed E-state index contributed by atoms with van der Waals surface area (Å²) in [4.78, 5) is 17.9. The molecular weight excluding hydrogens is 364 g/mol. The van der Waals surface area contributed by atoms with Gasteiger partial charge in [0.15, 0.2) is 11.5 Å². The quantitative estimate of drug-likeness (QED) is 0.718. The number of benzene rings is 3. The molecule has 0 saturated carbocycles. The molecule has 0 fully saturated rings. The summed E-state index contributed by atoms with van der Waals surface area (Å²) in [5, 5.41) is 3.03. The fourth-order valence-electron chi connectivity index (χ4n) is 3.48. The van der Waals surface area contributed by atoms with Gasteiger partial charge in [-0.2, -0.15) is 0 Å². The van der Waals surface area contributed by atoms with E-state index in [1.54, 1.807) is 20.3 Å². The minimum Gasteiger partial charge on any atom is -0.493 e. The molecule has 29 heavy (non-hydrogen) atoms. The van der Waals surface area contributed by atoms with Gasteiger partial charge in [-0.1, -0.05) is 60.7 Å². The van der Waals surface area contributed by atoms with Crippen LogP contribution in [0, 0.1) is 0 Å². The Hall–Kier alpha value is -3.60. The normalized spacial score (nSPS) is 15.6. The van der Waals surface area contributed by atoms with Crippen LogP contribution >= 0.6 is 0 Å². The van der Waals surface area contributed by atoms with Crippen LogP contribution < -0.4 is 14.8 Å². The zero-order valence-corrected chi connectivity index (χ0v) is 16.4. The SMILES string of the molecule is COc1cc2c(cc1OC)C(c1ccccc1)=N[C@@H](Cc1ccccc1)C(=O)N2. The second-order valence-electron chi connectivity index (χ2n) is 6.79. The largest absolute Gasteiger partial charge is 0.493 e. The maximum atomic E-state index is 13.0. The van der Waals surface area contributed by atoms with Crippen LogP contribution in [-0.2, 0) is 11.2 Å². The predicted octanol–water partition coefficient (Wildman–Crippen LogP) is 4.10. The first-order valence-corrected chi connectivity index (χ1v) is 9.44. The third kappa shape index (κ3) is 3.85. The molecule has 3 aromatic rings. The number of nitrogens with one attached hydrogen (secondary N) is 1. The lowest BCUT2D eigenvalue weighted by Crippen LogP contribution is -2.27. The number of aliphatic imine (C=N–C) groups is 1. The van der Waals surface area contributed by atoms with E-state index in [4.69, 9.17) is 14.5 Å². The van der Waals surface area contributed by atoms with E-state index in [9.17, 15) is 4.79 Å². The highest BCUT2D eigenvalue weighted by Gasteiger charge is 2.27. The first-order chi connectivity index (χ1) is 14.2. The smallest absolute Gasteiger partial charge is 0.249 e. The summed E-state index contributed by atoms with van der Waals surface area (Å²) < 4.78 is 10.9. The van der Waals surface area contributed by atoms with Crippen molar-refractivity contribution in [3.05, 3.63) is 89.5 Å². The van der Waals surface area contributed by atoms with Crippen LogP contribution in [-0.4, -0.2) is 31.9 Å². The van der Waals surface area contributed by atoms with Gasteiger partial charge in [0.2, 0.25) is 5.91 Å². The fourth-order valence-corrected chi connectivity index (χ4v) is 3.48. The van der Waals surface area contributed by atoms with Crippen LogP contribution in [0.2, 0.25) is 0 Å². The molecule has 0 saturated heterocycles. The van der Waals surface area contributed by atoms with Gasteiger partial charge in [0.25, 0.3) is 0 Å². The molecule has 4 rings (SSSR count). The summed E-state index contributed by atoms with van der Waals surface area (Å²) in [6, 6.07) is 22.9. The van der Waals surface area contributed by atoms with E-state index in [1.807, 2.05) is 66.7 Å². The van der Waals surface area contributed by atoms with E-state index in [0.29, 0.717) is 23.6 Å². The van der Waals surface area contributed by atoms with Crippen molar-refractivity contribution in [2.24, 2.45) is 4.99 Å². The number of anilines is 1. The number of hydrogen-bond donors (Lipinski definition) is 1. The van der Waals surface area contributed by atoms with E-state index in [0.717, 1.165) is 22.4 Å². The first kappa shape index (κ1) is 18.7. The molecule has 1 aliphatic rings. The third-order valence-electron chi connectivity index (χ3n) is 4.94. The van der Waals surface area contributed by atoms with Crippen molar-refractivity contribution in [1.82, 2.24) is 0 Å². The maximum absolute atomic E-state index is 13.0. The third-order valence-corrected chi connectivity index (χ3v) is 4.94. The fraction of sp³-hybridized carbons (Fsp3) is 0.167. The predicted molar refractivity (Wildman–Crippen MR) is 114 cm³/mol. The number of benzodiazepines with no additional fused rings is 1. The lowest BCUT2D eigenvalue weighted by atomic mass is 9.99. The van der Waals surface area contributed by atoms with Crippen molar-refractivity contribution in [3.63, 3.8) is 0 Å². The van der Waals surface area contributed by atoms with Crippen molar-refractivity contribution in [1.29, 1.82) is 0 Å². The number of ether oxygens (including phenoxy) is 2. The Kier molecular flexibility index (Phi) is 5.29. The Balaban J connectivity index is 1.86. The highest BCUT2D eigenvalue weighted by molar-refractivity contribution is 6.20. The number of amides is 1. The molecule has 1 aliphatic heterocycles. The first-order valence-electron chi connectivity index (χ1n) is 9.44. The van der Waals surface area contributed by atoms with Gasteiger partial charge in [-0.05, 0) is 11.6 Å². The minimum atomic E-state index is -0.544. The summed E-state index contributed by atoms with van der Waals surface area (Å²) in [6.07, 6.45) is 0.519. The van der Waals surface area contributed by atoms with Gasteiger partial charge in [0, 0.05) is 23.6 Å². The minimum absolute atomic E-state index is 0.145. The van der Waals surface area contributed by atoms with Crippen molar-refractivity contribution < 1.29 is 14.3 Å². The van der Waals surface area contributed by atoms with E-state index >= 15 is 0 Å². The summed E-state index contributed by atoms with van der Waals surface area (Å²) in [5.41, 5.74) is 4.21. The second kappa shape index (κ2) is 8.19. The maximum Gasteiger partial charge on any atom is 0.249 e. The number of rotatable bonds is 5. The lowest BCUT2D eigenvalue weighted by molar-refractivity contribution is -0.117. The van der Waals surface area contributed by atoms with Gasteiger partial charge in [-0.15, -0.1) is 0 Å². The van der Waals surface area contributed by atoms with E-state index in [-0.39, 0.29) is 5.91 Å². The number of fused-ring (bicyclic) bond motifs is 1. The van der Waals surface area contributed by atoms with Gasteiger partial charge >= 0.3 is 0 Å². The zero-order chi connectivity index (χ0) is 20.2. The Bertz CT molecular complexity index is 1050. The van der Waals surface area contributed by atoms with Gasteiger partial charge < -0.3 is 14.8 Å². The summed E-state index contributed by atoms with van der Waals surface area (Å²) >= 11 is 0. The number of nitrogens with zero attached hydrogens (tertiary/aromatic N) is 1. The Morgan fingerprint density at radius 2 is 1.52 bits per heavy atom. The Morgan fingerprint density at radius 3 is 2.17 bits per heavy atom. The van der Waals surface area contributed by atoms with E-state index in [1.165, 1.54) is 0 Å². The van der Waals surface area contributed by atoms with Gasteiger partial charge in [0.1, 0.15) is 6.04 Å². The summed E-state index contributed by atoms with van der Waals surface area (Å²) in [5.74, 6) is 0.999. The van der Waals surface area contributed by atoms with Gasteiger partial charge in [-0.25, -0.2) is 0 Å². The Labute approximate surface area is 170 Å². The van der Waals surface area contributed by atoms with Crippen LogP contribution in [0.3, 0.4) is 0 Å². The van der Waals surface area contributed by atoms with Crippen LogP contribution in [0.5, 0.6) is 11.5 Å². The molecule has 0 radical (unpaired) electrons.